The SMILES string of the molecule is CC1=N[C@H](C(C)(C)C)[C@@H](C)O1. The van der Waals surface area contributed by atoms with E-state index in [1.165, 1.54) is 0 Å². The summed E-state index contributed by atoms with van der Waals surface area (Å²) in [6, 6.07) is 0.322. The molecule has 1 heterocycles. The Bertz CT molecular complexity index is 178. The second kappa shape index (κ2) is 2.50. The van der Waals surface area contributed by atoms with E-state index in [9.17, 15) is 0 Å². The van der Waals surface area contributed by atoms with Gasteiger partial charge in [0.1, 0.15) is 6.10 Å². The van der Waals surface area contributed by atoms with Gasteiger partial charge in [0.15, 0.2) is 5.90 Å². The van der Waals surface area contributed by atoms with E-state index >= 15 is 0 Å². The molecular weight excluding hydrogens is 138 g/mol. The third kappa shape index (κ3) is 1.73. The van der Waals surface area contributed by atoms with E-state index in [4.69, 9.17) is 4.74 Å². The van der Waals surface area contributed by atoms with Crippen molar-refractivity contribution in [2.45, 2.75) is 46.8 Å². The van der Waals surface area contributed by atoms with Gasteiger partial charge in [-0.25, -0.2) is 4.99 Å². The van der Waals surface area contributed by atoms with Crippen LogP contribution in [0.4, 0.5) is 0 Å². The summed E-state index contributed by atoms with van der Waals surface area (Å²) in [7, 11) is 0. The van der Waals surface area contributed by atoms with Gasteiger partial charge >= 0.3 is 0 Å². The van der Waals surface area contributed by atoms with E-state index < -0.39 is 0 Å². The lowest BCUT2D eigenvalue weighted by atomic mass is 9.84. The monoisotopic (exact) mass is 155 g/mol. The zero-order valence-electron chi connectivity index (χ0n) is 8.01. The van der Waals surface area contributed by atoms with Crippen LogP contribution in [0.1, 0.15) is 34.6 Å². The normalized spacial score (nSPS) is 31.5. The van der Waals surface area contributed by atoms with Gasteiger partial charge < -0.3 is 4.74 Å². The number of nitrogens with zero attached hydrogens (tertiary/aromatic N) is 1. The molecule has 0 fully saturated rings. The molecule has 0 aromatic carbocycles. The Morgan fingerprint density at radius 3 is 2.09 bits per heavy atom. The molecule has 0 saturated heterocycles. The maximum atomic E-state index is 5.45. The van der Waals surface area contributed by atoms with Crippen molar-refractivity contribution in [2.75, 3.05) is 0 Å². The Morgan fingerprint density at radius 2 is 1.91 bits per heavy atom. The zero-order chi connectivity index (χ0) is 8.65. The van der Waals surface area contributed by atoms with Gasteiger partial charge in [0, 0.05) is 6.92 Å². The number of ether oxygens (including phenoxy) is 1. The molecule has 11 heavy (non-hydrogen) atoms. The van der Waals surface area contributed by atoms with Gasteiger partial charge in [0.25, 0.3) is 0 Å². The van der Waals surface area contributed by atoms with Crippen LogP contribution < -0.4 is 0 Å². The largest absolute Gasteiger partial charge is 0.476 e. The average Bonchev–Trinajstić information content (AvgIpc) is 2.08. The minimum Gasteiger partial charge on any atom is -0.476 e. The Morgan fingerprint density at radius 1 is 1.36 bits per heavy atom. The third-order valence-corrected chi connectivity index (χ3v) is 2.01. The molecule has 0 unspecified atom stereocenters. The molecule has 0 aliphatic carbocycles. The van der Waals surface area contributed by atoms with Crippen molar-refractivity contribution < 1.29 is 4.74 Å². The molecule has 0 aromatic rings. The predicted octanol–water partition coefficient (Wildman–Crippen LogP) is 2.24. The highest BCUT2D eigenvalue weighted by atomic mass is 16.5. The number of rotatable bonds is 0. The summed E-state index contributed by atoms with van der Waals surface area (Å²) in [6.07, 6.45) is 0.245. The maximum Gasteiger partial charge on any atom is 0.180 e. The molecule has 0 N–H and O–H groups in total. The highest BCUT2D eigenvalue weighted by Crippen LogP contribution is 2.29. The van der Waals surface area contributed by atoms with E-state index in [1.807, 2.05) is 6.92 Å². The fraction of sp³-hybridized carbons (Fsp3) is 0.889. The molecule has 2 heteroatoms. The Kier molecular flexibility index (Phi) is 1.95. The third-order valence-electron chi connectivity index (χ3n) is 2.01. The van der Waals surface area contributed by atoms with Crippen molar-refractivity contribution in [1.82, 2.24) is 0 Å². The summed E-state index contributed by atoms with van der Waals surface area (Å²) in [5.41, 5.74) is 0.219. The van der Waals surface area contributed by atoms with E-state index in [2.05, 4.69) is 32.7 Å². The lowest BCUT2D eigenvalue weighted by molar-refractivity contribution is 0.153. The smallest absolute Gasteiger partial charge is 0.180 e. The molecule has 1 aliphatic rings. The summed E-state index contributed by atoms with van der Waals surface area (Å²) in [6.45, 7) is 10.6. The molecule has 0 bridgehead atoms. The minimum absolute atomic E-state index is 0.219. The summed E-state index contributed by atoms with van der Waals surface area (Å²) < 4.78 is 5.45. The first-order chi connectivity index (χ1) is 4.91. The summed E-state index contributed by atoms with van der Waals surface area (Å²) in [5.74, 6) is 0.831. The lowest BCUT2D eigenvalue weighted by Gasteiger charge is -2.26. The van der Waals surface area contributed by atoms with Crippen LogP contribution >= 0.6 is 0 Å². The van der Waals surface area contributed by atoms with Crippen LogP contribution in [0.3, 0.4) is 0 Å². The van der Waals surface area contributed by atoms with Crippen LogP contribution in [0.2, 0.25) is 0 Å². The van der Waals surface area contributed by atoms with Crippen molar-refractivity contribution in [2.24, 2.45) is 10.4 Å². The molecule has 0 radical (unpaired) electrons. The highest BCUT2D eigenvalue weighted by molar-refractivity contribution is 5.75. The van der Waals surface area contributed by atoms with Crippen LogP contribution in [-0.4, -0.2) is 18.0 Å². The topological polar surface area (TPSA) is 21.6 Å². The van der Waals surface area contributed by atoms with E-state index in [0.29, 0.717) is 6.04 Å². The van der Waals surface area contributed by atoms with Crippen molar-refractivity contribution in [3.05, 3.63) is 0 Å². The molecule has 0 amide bonds. The van der Waals surface area contributed by atoms with Crippen molar-refractivity contribution in [1.29, 1.82) is 0 Å². The Labute approximate surface area is 68.7 Å². The second-order valence-corrected chi connectivity index (χ2v) is 4.28. The van der Waals surface area contributed by atoms with E-state index in [1.54, 1.807) is 0 Å². The van der Waals surface area contributed by atoms with Crippen LogP contribution in [-0.2, 0) is 4.74 Å². The van der Waals surface area contributed by atoms with E-state index in [0.717, 1.165) is 5.90 Å². The van der Waals surface area contributed by atoms with Gasteiger partial charge in [0.05, 0.1) is 6.04 Å². The number of hydrogen-bond acceptors (Lipinski definition) is 2. The molecule has 1 aliphatic heterocycles. The first kappa shape index (κ1) is 8.57. The summed E-state index contributed by atoms with van der Waals surface area (Å²) in [4.78, 5) is 4.44. The molecule has 0 aromatic heterocycles. The quantitative estimate of drug-likeness (QED) is 0.525. The fourth-order valence-corrected chi connectivity index (χ4v) is 1.56. The first-order valence-electron chi connectivity index (χ1n) is 4.12. The standard InChI is InChI=1S/C9H17NO/c1-6-8(9(3,4)5)10-7(2)11-6/h6,8H,1-5H3/t6-,8+/m1/s1. The van der Waals surface area contributed by atoms with Gasteiger partial charge in [-0.1, -0.05) is 20.8 Å². The van der Waals surface area contributed by atoms with Gasteiger partial charge in [-0.2, -0.15) is 0 Å². The number of aliphatic imine (C=N–C) groups is 1. The molecule has 0 saturated carbocycles. The van der Waals surface area contributed by atoms with Gasteiger partial charge in [-0.05, 0) is 12.3 Å². The van der Waals surface area contributed by atoms with Gasteiger partial charge in [0.2, 0.25) is 0 Å². The maximum absolute atomic E-state index is 5.45. The van der Waals surface area contributed by atoms with Crippen molar-refractivity contribution >= 4 is 5.90 Å². The van der Waals surface area contributed by atoms with Gasteiger partial charge in [-0.3, -0.25) is 0 Å². The molecule has 0 spiro atoms. The Hall–Kier alpha value is -0.530. The van der Waals surface area contributed by atoms with Crippen LogP contribution in [0.5, 0.6) is 0 Å². The van der Waals surface area contributed by atoms with Crippen LogP contribution in [0.25, 0.3) is 0 Å². The Balaban J connectivity index is 2.74. The minimum atomic E-state index is 0.219. The molecule has 64 valence electrons. The van der Waals surface area contributed by atoms with E-state index in [-0.39, 0.29) is 11.5 Å². The number of hydrogen-bond donors (Lipinski definition) is 0. The zero-order valence-corrected chi connectivity index (χ0v) is 8.01. The second-order valence-electron chi connectivity index (χ2n) is 4.28. The van der Waals surface area contributed by atoms with Crippen molar-refractivity contribution in [3.8, 4) is 0 Å². The molecule has 2 nitrogen and oxygen atoms in total. The first-order valence-corrected chi connectivity index (χ1v) is 4.12. The van der Waals surface area contributed by atoms with Crippen LogP contribution in [0.15, 0.2) is 4.99 Å². The molecular formula is C9H17NO. The van der Waals surface area contributed by atoms with Crippen molar-refractivity contribution in [3.63, 3.8) is 0 Å². The van der Waals surface area contributed by atoms with Crippen LogP contribution in [0, 0.1) is 5.41 Å². The lowest BCUT2D eigenvalue weighted by Crippen LogP contribution is -2.31. The average molecular weight is 155 g/mol. The predicted molar refractivity (Wildman–Crippen MR) is 46.9 cm³/mol. The van der Waals surface area contributed by atoms with Gasteiger partial charge in [-0.15, -0.1) is 0 Å². The highest BCUT2D eigenvalue weighted by Gasteiger charge is 2.34. The molecule has 1 rings (SSSR count). The molecule has 2 atom stereocenters. The summed E-state index contributed by atoms with van der Waals surface area (Å²) in [5, 5.41) is 0. The summed E-state index contributed by atoms with van der Waals surface area (Å²) >= 11 is 0. The fourth-order valence-electron chi connectivity index (χ4n) is 1.56.